The normalized spacial score (nSPS) is 15.8. The Morgan fingerprint density at radius 3 is 2.50 bits per heavy atom. The molecule has 0 fully saturated rings. The minimum Gasteiger partial charge on any atom is -0.464 e. The SMILES string of the molecule is CCC[C@@](O)(c1ccccc1)[C@H](F)C(=O)OCC. The van der Waals surface area contributed by atoms with Crippen LogP contribution < -0.4 is 0 Å². The largest absolute Gasteiger partial charge is 0.464 e. The number of rotatable bonds is 6. The summed E-state index contributed by atoms with van der Waals surface area (Å²) >= 11 is 0. The highest BCUT2D eigenvalue weighted by molar-refractivity contribution is 5.76. The number of hydrogen-bond donors (Lipinski definition) is 1. The molecule has 1 rings (SSSR count). The highest BCUT2D eigenvalue weighted by Gasteiger charge is 2.43. The van der Waals surface area contributed by atoms with E-state index in [4.69, 9.17) is 0 Å². The molecule has 18 heavy (non-hydrogen) atoms. The van der Waals surface area contributed by atoms with Crippen LogP contribution in [0.2, 0.25) is 0 Å². The third-order valence-corrected chi connectivity index (χ3v) is 2.82. The molecule has 0 heterocycles. The molecule has 0 aliphatic heterocycles. The number of halogens is 1. The molecule has 0 amide bonds. The molecule has 0 spiro atoms. The van der Waals surface area contributed by atoms with Gasteiger partial charge in [0.05, 0.1) is 6.61 Å². The molecule has 0 aliphatic carbocycles. The Labute approximate surface area is 107 Å². The summed E-state index contributed by atoms with van der Waals surface area (Å²) in [5.74, 6) is -1.02. The Morgan fingerprint density at radius 2 is 2.00 bits per heavy atom. The first-order valence-corrected chi connectivity index (χ1v) is 6.14. The van der Waals surface area contributed by atoms with Crippen LogP contribution in [0.25, 0.3) is 0 Å². The second kappa shape index (κ2) is 6.50. The summed E-state index contributed by atoms with van der Waals surface area (Å²) in [5.41, 5.74) is -1.42. The summed E-state index contributed by atoms with van der Waals surface area (Å²) in [7, 11) is 0. The predicted octanol–water partition coefficient (Wildman–Crippen LogP) is 2.58. The van der Waals surface area contributed by atoms with Gasteiger partial charge in [-0.25, -0.2) is 9.18 Å². The Hall–Kier alpha value is -1.42. The van der Waals surface area contributed by atoms with Crippen molar-refractivity contribution in [3.05, 3.63) is 35.9 Å². The smallest absolute Gasteiger partial charge is 0.344 e. The van der Waals surface area contributed by atoms with Crippen molar-refractivity contribution in [1.29, 1.82) is 0 Å². The number of aliphatic hydroxyl groups is 1. The number of carbonyl (C=O) groups is 1. The molecule has 0 saturated carbocycles. The van der Waals surface area contributed by atoms with E-state index in [0.717, 1.165) is 0 Å². The van der Waals surface area contributed by atoms with Gasteiger partial charge in [-0.15, -0.1) is 0 Å². The van der Waals surface area contributed by atoms with Gasteiger partial charge in [0.15, 0.2) is 0 Å². The van der Waals surface area contributed by atoms with E-state index < -0.39 is 17.7 Å². The van der Waals surface area contributed by atoms with E-state index in [2.05, 4.69) is 4.74 Å². The summed E-state index contributed by atoms with van der Waals surface area (Å²) in [4.78, 5) is 11.5. The van der Waals surface area contributed by atoms with Crippen LogP contribution in [-0.4, -0.2) is 23.9 Å². The van der Waals surface area contributed by atoms with Crippen molar-refractivity contribution in [1.82, 2.24) is 0 Å². The lowest BCUT2D eigenvalue weighted by molar-refractivity contribution is -0.162. The second-order valence-corrected chi connectivity index (χ2v) is 4.15. The highest BCUT2D eigenvalue weighted by Crippen LogP contribution is 2.32. The molecule has 2 atom stereocenters. The van der Waals surface area contributed by atoms with Gasteiger partial charge in [0.2, 0.25) is 6.17 Å². The molecule has 0 aliphatic rings. The van der Waals surface area contributed by atoms with E-state index in [1.165, 1.54) is 0 Å². The molecule has 0 radical (unpaired) electrons. The third kappa shape index (κ3) is 3.07. The Bertz CT molecular complexity index is 380. The van der Waals surface area contributed by atoms with Gasteiger partial charge in [-0.2, -0.15) is 0 Å². The van der Waals surface area contributed by atoms with Crippen LogP contribution in [-0.2, 0) is 15.1 Å². The van der Waals surface area contributed by atoms with Crippen molar-refractivity contribution in [2.75, 3.05) is 6.61 Å². The summed E-state index contributed by atoms with van der Waals surface area (Å²) in [5, 5.41) is 10.5. The average Bonchev–Trinajstić information content (AvgIpc) is 2.39. The first-order valence-electron chi connectivity index (χ1n) is 6.14. The molecular weight excluding hydrogens is 235 g/mol. The first-order chi connectivity index (χ1) is 8.56. The van der Waals surface area contributed by atoms with Gasteiger partial charge < -0.3 is 9.84 Å². The molecular formula is C14H19FO3. The van der Waals surface area contributed by atoms with Crippen molar-refractivity contribution in [3.63, 3.8) is 0 Å². The number of hydrogen-bond acceptors (Lipinski definition) is 3. The van der Waals surface area contributed by atoms with Crippen molar-refractivity contribution in [2.24, 2.45) is 0 Å². The van der Waals surface area contributed by atoms with Crippen LogP contribution in [0, 0.1) is 0 Å². The molecule has 3 nitrogen and oxygen atoms in total. The molecule has 0 aromatic heterocycles. The van der Waals surface area contributed by atoms with E-state index in [9.17, 15) is 14.3 Å². The number of ether oxygens (including phenoxy) is 1. The molecule has 4 heteroatoms. The van der Waals surface area contributed by atoms with Crippen molar-refractivity contribution < 1.29 is 19.0 Å². The number of esters is 1. The molecule has 1 N–H and O–H groups in total. The van der Waals surface area contributed by atoms with Gasteiger partial charge in [0, 0.05) is 0 Å². The minimum atomic E-state index is -2.07. The van der Waals surface area contributed by atoms with E-state index in [1.807, 2.05) is 6.92 Å². The lowest BCUT2D eigenvalue weighted by Crippen LogP contribution is -2.42. The van der Waals surface area contributed by atoms with Gasteiger partial charge in [0.1, 0.15) is 5.60 Å². The molecule has 1 aromatic carbocycles. The zero-order chi connectivity index (χ0) is 13.6. The summed E-state index contributed by atoms with van der Waals surface area (Å²) < 4.78 is 18.8. The van der Waals surface area contributed by atoms with Gasteiger partial charge in [0.25, 0.3) is 0 Å². The monoisotopic (exact) mass is 254 g/mol. The minimum absolute atomic E-state index is 0.0935. The van der Waals surface area contributed by atoms with Gasteiger partial charge in [-0.05, 0) is 18.9 Å². The topological polar surface area (TPSA) is 46.5 Å². The van der Waals surface area contributed by atoms with Crippen LogP contribution in [0.1, 0.15) is 32.3 Å². The summed E-state index contributed by atoms with van der Waals surface area (Å²) in [6, 6.07) is 8.40. The molecule has 0 unspecified atom stereocenters. The Kier molecular flexibility index (Phi) is 5.28. The van der Waals surface area contributed by atoms with E-state index >= 15 is 0 Å². The maximum Gasteiger partial charge on any atom is 0.344 e. The average molecular weight is 254 g/mol. The lowest BCUT2D eigenvalue weighted by Gasteiger charge is -2.30. The van der Waals surface area contributed by atoms with Crippen LogP contribution in [0.5, 0.6) is 0 Å². The zero-order valence-corrected chi connectivity index (χ0v) is 10.7. The van der Waals surface area contributed by atoms with Crippen LogP contribution in [0.3, 0.4) is 0 Å². The van der Waals surface area contributed by atoms with Crippen LogP contribution in [0.4, 0.5) is 4.39 Å². The molecule has 1 aromatic rings. The number of alkyl halides is 1. The number of carbonyl (C=O) groups excluding carboxylic acids is 1. The van der Waals surface area contributed by atoms with E-state index in [0.29, 0.717) is 12.0 Å². The maximum absolute atomic E-state index is 14.2. The lowest BCUT2D eigenvalue weighted by atomic mass is 9.85. The maximum atomic E-state index is 14.2. The van der Waals surface area contributed by atoms with Crippen LogP contribution >= 0.6 is 0 Å². The summed E-state index contributed by atoms with van der Waals surface area (Å²) in [6.45, 7) is 3.52. The zero-order valence-electron chi connectivity index (χ0n) is 10.7. The Balaban J connectivity index is 3.03. The third-order valence-electron chi connectivity index (χ3n) is 2.82. The molecule has 0 bridgehead atoms. The predicted molar refractivity (Wildman–Crippen MR) is 66.8 cm³/mol. The second-order valence-electron chi connectivity index (χ2n) is 4.15. The Morgan fingerprint density at radius 1 is 1.39 bits per heavy atom. The fourth-order valence-corrected chi connectivity index (χ4v) is 1.94. The fourth-order valence-electron chi connectivity index (χ4n) is 1.94. The molecule has 0 saturated heterocycles. The highest BCUT2D eigenvalue weighted by atomic mass is 19.1. The van der Waals surface area contributed by atoms with Crippen molar-refractivity contribution in [2.45, 2.75) is 38.5 Å². The van der Waals surface area contributed by atoms with E-state index in [-0.39, 0.29) is 13.0 Å². The molecule has 100 valence electrons. The first kappa shape index (κ1) is 14.6. The van der Waals surface area contributed by atoms with Gasteiger partial charge >= 0.3 is 5.97 Å². The van der Waals surface area contributed by atoms with Crippen molar-refractivity contribution in [3.8, 4) is 0 Å². The van der Waals surface area contributed by atoms with E-state index in [1.54, 1.807) is 37.3 Å². The summed E-state index contributed by atoms with van der Waals surface area (Å²) in [6.07, 6.45) is -1.35. The standard InChI is InChI=1S/C14H19FO3/c1-3-10-14(17,11-8-6-5-7-9-11)12(15)13(16)18-4-2/h5-9,12,17H,3-4,10H2,1-2H3/t12-,14-/m1/s1. The quantitative estimate of drug-likeness (QED) is 0.794. The van der Waals surface area contributed by atoms with Crippen molar-refractivity contribution >= 4 is 5.97 Å². The van der Waals surface area contributed by atoms with Gasteiger partial charge in [-0.1, -0.05) is 43.7 Å². The number of benzene rings is 1. The van der Waals surface area contributed by atoms with Crippen LogP contribution in [0.15, 0.2) is 30.3 Å². The fraction of sp³-hybridized carbons (Fsp3) is 0.500. The van der Waals surface area contributed by atoms with Gasteiger partial charge in [-0.3, -0.25) is 0 Å².